The Morgan fingerprint density at radius 2 is 1.81 bits per heavy atom. The summed E-state index contributed by atoms with van der Waals surface area (Å²) in [4.78, 5) is 0. The first-order valence-corrected chi connectivity index (χ1v) is 5.92. The van der Waals surface area contributed by atoms with E-state index >= 15 is 0 Å². The maximum atomic E-state index is 5.90. The van der Waals surface area contributed by atoms with Gasteiger partial charge in [-0.15, -0.1) is 16.7 Å². The van der Waals surface area contributed by atoms with Crippen LogP contribution in [0, 0.1) is 0 Å². The fraction of sp³-hybridized carbons (Fsp3) is 0.200. The van der Waals surface area contributed by atoms with Crippen LogP contribution in [0.15, 0.2) is 24.4 Å². The van der Waals surface area contributed by atoms with Crippen LogP contribution in [0.5, 0.6) is 0 Å². The highest BCUT2D eigenvalue weighted by molar-refractivity contribution is 6.34. The van der Waals surface area contributed by atoms with Gasteiger partial charge in [0.1, 0.15) is 0 Å². The molecule has 6 heteroatoms. The number of hydrogen-bond acceptors (Lipinski definition) is 2. The Labute approximate surface area is 108 Å². The number of rotatable bonds is 3. The fourth-order valence-corrected chi connectivity index (χ4v) is 2.02. The maximum Gasteiger partial charge on any atom is 0.0843 e. The first kappa shape index (κ1) is 11.7. The summed E-state index contributed by atoms with van der Waals surface area (Å²) < 4.78 is 1.62. The molecule has 0 atom stereocenters. The van der Waals surface area contributed by atoms with Gasteiger partial charge in [-0.2, -0.15) is 0 Å². The Morgan fingerprint density at radius 1 is 1.12 bits per heavy atom. The molecule has 3 nitrogen and oxygen atoms in total. The maximum absolute atomic E-state index is 5.90. The van der Waals surface area contributed by atoms with E-state index in [1.165, 1.54) is 0 Å². The molecular weight excluding hydrogens is 268 g/mol. The van der Waals surface area contributed by atoms with E-state index in [2.05, 4.69) is 10.3 Å². The molecule has 0 spiro atoms. The van der Waals surface area contributed by atoms with E-state index in [1.54, 1.807) is 22.9 Å². The molecule has 0 aliphatic carbocycles. The minimum absolute atomic E-state index is 0.523. The van der Waals surface area contributed by atoms with Gasteiger partial charge in [-0.1, -0.05) is 28.4 Å². The summed E-state index contributed by atoms with van der Waals surface area (Å²) in [6, 6.07) is 5.21. The van der Waals surface area contributed by atoms with Crippen LogP contribution in [-0.2, 0) is 6.42 Å². The van der Waals surface area contributed by atoms with Gasteiger partial charge in [-0.3, -0.25) is 0 Å². The zero-order chi connectivity index (χ0) is 11.5. The highest BCUT2D eigenvalue weighted by atomic mass is 35.5. The molecule has 1 heterocycles. The van der Waals surface area contributed by atoms with E-state index in [4.69, 9.17) is 34.8 Å². The predicted molar refractivity (Wildman–Crippen MR) is 65.8 cm³/mol. The van der Waals surface area contributed by atoms with E-state index in [1.807, 2.05) is 6.20 Å². The van der Waals surface area contributed by atoms with Crippen molar-refractivity contribution in [2.75, 3.05) is 5.88 Å². The van der Waals surface area contributed by atoms with Crippen molar-refractivity contribution >= 4 is 34.8 Å². The molecule has 0 bridgehead atoms. The molecule has 16 heavy (non-hydrogen) atoms. The normalized spacial score (nSPS) is 10.7. The van der Waals surface area contributed by atoms with Crippen LogP contribution >= 0.6 is 34.8 Å². The third kappa shape index (κ3) is 2.67. The molecule has 0 unspecified atom stereocenters. The van der Waals surface area contributed by atoms with Crippen molar-refractivity contribution in [1.82, 2.24) is 15.0 Å². The monoisotopic (exact) mass is 275 g/mol. The van der Waals surface area contributed by atoms with Crippen molar-refractivity contribution in [3.05, 3.63) is 40.1 Å². The van der Waals surface area contributed by atoms with E-state index in [-0.39, 0.29) is 0 Å². The van der Waals surface area contributed by atoms with Crippen LogP contribution in [0.3, 0.4) is 0 Å². The number of hydrogen-bond donors (Lipinski definition) is 0. The summed E-state index contributed by atoms with van der Waals surface area (Å²) in [7, 11) is 0. The Morgan fingerprint density at radius 3 is 2.44 bits per heavy atom. The summed E-state index contributed by atoms with van der Waals surface area (Å²) in [6.07, 6.45) is 2.50. The zero-order valence-electron chi connectivity index (χ0n) is 8.20. The summed E-state index contributed by atoms with van der Waals surface area (Å²) in [5.74, 6) is 0.523. The minimum atomic E-state index is 0.523. The third-order valence-corrected chi connectivity index (χ3v) is 2.63. The Bertz CT molecular complexity index is 476. The first-order chi connectivity index (χ1) is 7.69. The number of halogens is 3. The first-order valence-electron chi connectivity index (χ1n) is 4.62. The highest BCUT2D eigenvalue weighted by Crippen LogP contribution is 2.21. The average Bonchev–Trinajstić information content (AvgIpc) is 2.65. The fourth-order valence-electron chi connectivity index (χ4n) is 1.31. The molecule has 0 N–H and O–H groups in total. The number of benzene rings is 1. The van der Waals surface area contributed by atoms with Crippen molar-refractivity contribution < 1.29 is 0 Å². The van der Waals surface area contributed by atoms with Crippen LogP contribution in [-0.4, -0.2) is 20.9 Å². The molecule has 0 amide bonds. The van der Waals surface area contributed by atoms with Crippen LogP contribution in [0.2, 0.25) is 10.0 Å². The molecule has 84 valence electrons. The number of aryl methyl sites for hydroxylation is 1. The Hall–Kier alpha value is -0.770. The van der Waals surface area contributed by atoms with Crippen molar-refractivity contribution in [1.29, 1.82) is 0 Å². The molecule has 1 aromatic heterocycles. The van der Waals surface area contributed by atoms with Crippen LogP contribution in [0.25, 0.3) is 5.69 Å². The summed E-state index contributed by atoms with van der Waals surface area (Å²) >= 11 is 17.4. The average molecular weight is 277 g/mol. The molecule has 0 aliphatic rings. The van der Waals surface area contributed by atoms with Crippen molar-refractivity contribution in [3.63, 3.8) is 0 Å². The predicted octanol–water partition coefficient (Wildman–Crippen LogP) is 3.36. The summed E-state index contributed by atoms with van der Waals surface area (Å²) in [5.41, 5.74) is 1.62. The second kappa shape index (κ2) is 5.04. The molecule has 0 saturated carbocycles. The molecule has 2 rings (SSSR count). The second-order valence-corrected chi connectivity index (χ2v) is 4.47. The lowest BCUT2D eigenvalue weighted by atomic mass is 10.3. The van der Waals surface area contributed by atoms with E-state index in [0.717, 1.165) is 11.4 Å². The van der Waals surface area contributed by atoms with Gasteiger partial charge in [-0.05, 0) is 18.2 Å². The number of alkyl halides is 1. The van der Waals surface area contributed by atoms with E-state index in [9.17, 15) is 0 Å². The molecule has 0 saturated heterocycles. The molecule has 0 fully saturated rings. The number of nitrogens with zero attached hydrogens (tertiary/aromatic N) is 3. The van der Waals surface area contributed by atoms with E-state index < -0.39 is 0 Å². The molecule has 0 aliphatic heterocycles. The van der Waals surface area contributed by atoms with Gasteiger partial charge in [-0.25, -0.2) is 4.68 Å². The zero-order valence-corrected chi connectivity index (χ0v) is 10.5. The molecule has 2 aromatic rings. The van der Waals surface area contributed by atoms with Gasteiger partial charge >= 0.3 is 0 Å². The van der Waals surface area contributed by atoms with Gasteiger partial charge in [0.05, 0.1) is 17.6 Å². The summed E-state index contributed by atoms with van der Waals surface area (Å²) in [6.45, 7) is 0. The summed E-state index contributed by atoms with van der Waals surface area (Å²) in [5, 5.41) is 9.10. The van der Waals surface area contributed by atoms with Gasteiger partial charge in [0.25, 0.3) is 0 Å². The van der Waals surface area contributed by atoms with Crippen LogP contribution < -0.4 is 0 Å². The number of aromatic nitrogens is 3. The quantitative estimate of drug-likeness (QED) is 0.805. The lowest BCUT2D eigenvalue weighted by molar-refractivity contribution is 0.798. The molecule has 1 aromatic carbocycles. The Balaban J connectivity index is 2.34. The third-order valence-electron chi connectivity index (χ3n) is 2.00. The SMILES string of the molecule is ClCCc1cn(-c2cc(Cl)cc(Cl)c2)nn1. The lowest BCUT2D eigenvalue weighted by Gasteiger charge is -2.01. The van der Waals surface area contributed by atoms with Crippen molar-refractivity contribution in [2.24, 2.45) is 0 Å². The highest BCUT2D eigenvalue weighted by Gasteiger charge is 2.04. The van der Waals surface area contributed by atoms with Gasteiger partial charge in [0.2, 0.25) is 0 Å². The topological polar surface area (TPSA) is 30.7 Å². The van der Waals surface area contributed by atoms with Crippen molar-refractivity contribution in [3.8, 4) is 5.69 Å². The molecule has 0 radical (unpaired) electrons. The standard InChI is InChI=1S/C10H8Cl3N3/c11-2-1-9-6-16(15-14-9)10-4-7(12)3-8(13)5-10/h3-6H,1-2H2. The van der Waals surface area contributed by atoms with Crippen molar-refractivity contribution in [2.45, 2.75) is 6.42 Å². The van der Waals surface area contributed by atoms with Gasteiger partial charge < -0.3 is 0 Å². The van der Waals surface area contributed by atoms with E-state index in [0.29, 0.717) is 22.3 Å². The lowest BCUT2D eigenvalue weighted by Crippen LogP contribution is -1.94. The second-order valence-electron chi connectivity index (χ2n) is 3.22. The Kier molecular flexibility index (Phi) is 3.69. The largest absolute Gasteiger partial charge is 0.220 e. The van der Waals surface area contributed by atoms with Crippen LogP contribution in [0.1, 0.15) is 5.69 Å². The minimum Gasteiger partial charge on any atom is -0.220 e. The van der Waals surface area contributed by atoms with Crippen LogP contribution in [0.4, 0.5) is 0 Å². The smallest absolute Gasteiger partial charge is 0.0843 e. The van der Waals surface area contributed by atoms with Gasteiger partial charge in [0, 0.05) is 22.3 Å². The van der Waals surface area contributed by atoms with Gasteiger partial charge in [0.15, 0.2) is 0 Å². The molecular formula is C10H8Cl3N3.